The van der Waals surface area contributed by atoms with E-state index in [1.54, 1.807) is 17.1 Å². The van der Waals surface area contributed by atoms with Gasteiger partial charge < -0.3 is 9.31 Å². The highest BCUT2D eigenvalue weighted by Crippen LogP contribution is 2.36. The van der Waals surface area contributed by atoms with Gasteiger partial charge in [0.05, 0.1) is 17.2 Å². The van der Waals surface area contributed by atoms with Crippen LogP contribution < -0.4 is 5.46 Å². The van der Waals surface area contributed by atoms with Gasteiger partial charge in [0.2, 0.25) is 0 Å². The van der Waals surface area contributed by atoms with Gasteiger partial charge in [0.1, 0.15) is 11.6 Å². The maximum atomic E-state index is 13.4. The SMILES string of the molecule is C[C@H](c1cc(F)cc(F)c1)n1cc(B2OC(C)(C)C(C)(C)O2)cn1. The molecule has 1 atom stereocenters. The monoisotopic (exact) mass is 334 g/mol. The zero-order valence-corrected chi connectivity index (χ0v) is 14.5. The predicted molar refractivity (Wildman–Crippen MR) is 88.1 cm³/mol. The predicted octanol–water partition coefficient (Wildman–Crippen LogP) is 3.07. The van der Waals surface area contributed by atoms with Crippen molar-refractivity contribution in [1.29, 1.82) is 0 Å². The summed E-state index contributed by atoms with van der Waals surface area (Å²) >= 11 is 0. The number of nitrogens with zero attached hydrogens (tertiary/aromatic N) is 2. The molecule has 0 amide bonds. The Morgan fingerprint density at radius 2 is 1.58 bits per heavy atom. The van der Waals surface area contributed by atoms with Crippen molar-refractivity contribution in [2.45, 2.75) is 51.9 Å². The van der Waals surface area contributed by atoms with Crippen molar-refractivity contribution < 1.29 is 18.1 Å². The Kier molecular flexibility index (Phi) is 4.04. The van der Waals surface area contributed by atoms with Gasteiger partial charge in [-0.2, -0.15) is 5.10 Å². The highest BCUT2D eigenvalue weighted by atomic mass is 19.1. The zero-order chi connectivity index (χ0) is 17.7. The van der Waals surface area contributed by atoms with E-state index in [4.69, 9.17) is 9.31 Å². The van der Waals surface area contributed by atoms with E-state index in [1.165, 1.54) is 12.1 Å². The lowest BCUT2D eigenvalue weighted by Crippen LogP contribution is -2.41. The number of benzene rings is 1. The summed E-state index contributed by atoms with van der Waals surface area (Å²) in [6.45, 7) is 9.76. The van der Waals surface area contributed by atoms with Gasteiger partial charge >= 0.3 is 7.12 Å². The van der Waals surface area contributed by atoms with Crippen LogP contribution in [0.1, 0.15) is 46.2 Å². The summed E-state index contributed by atoms with van der Waals surface area (Å²) in [5, 5.41) is 4.30. The molecule has 0 unspecified atom stereocenters. The fraction of sp³-hybridized carbons (Fsp3) is 0.471. The van der Waals surface area contributed by atoms with E-state index in [-0.39, 0.29) is 6.04 Å². The van der Waals surface area contributed by atoms with Crippen molar-refractivity contribution in [2.24, 2.45) is 0 Å². The van der Waals surface area contributed by atoms with Crippen molar-refractivity contribution in [1.82, 2.24) is 9.78 Å². The summed E-state index contributed by atoms with van der Waals surface area (Å²) in [7, 11) is -0.514. The molecule has 7 heteroatoms. The lowest BCUT2D eigenvalue weighted by Gasteiger charge is -2.32. The molecular weight excluding hydrogens is 313 g/mol. The maximum absolute atomic E-state index is 13.4. The molecule has 2 heterocycles. The Labute approximate surface area is 140 Å². The smallest absolute Gasteiger partial charge is 0.399 e. The molecule has 0 saturated carbocycles. The van der Waals surface area contributed by atoms with Crippen LogP contribution in [0.4, 0.5) is 8.78 Å². The second kappa shape index (κ2) is 5.67. The Morgan fingerprint density at radius 3 is 2.12 bits per heavy atom. The van der Waals surface area contributed by atoms with Crippen molar-refractivity contribution >= 4 is 12.6 Å². The molecule has 0 spiro atoms. The quantitative estimate of drug-likeness (QED) is 0.810. The first-order valence-corrected chi connectivity index (χ1v) is 7.95. The van der Waals surface area contributed by atoms with E-state index in [0.717, 1.165) is 11.5 Å². The minimum atomic E-state index is -0.602. The summed E-state index contributed by atoms with van der Waals surface area (Å²) < 4.78 is 40.5. The number of rotatable bonds is 3. The largest absolute Gasteiger partial charge is 0.498 e. The normalized spacial score (nSPS) is 20.4. The standard InChI is InChI=1S/C17H21BF2N2O2/c1-11(12-6-14(19)8-15(20)7-12)22-10-13(9-21-22)18-23-16(2,3)17(4,5)24-18/h6-11H,1-5H3/t11-/m1/s1. The first kappa shape index (κ1) is 17.1. The summed E-state index contributed by atoms with van der Waals surface area (Å²) in [6, 6.07) is 3.16. The van der Waals surface area contributed by atoms with E-state index >= 15 is 0 Å². The van der Waals surface area contributed by atoms with Gasteiger partial charge in [0, 0.05) is 23.9 Å². The molecule has 1 fully saturated rings. The highest BCUT2D eigenvalue weighted by molar-refractivity contribution is 6.62. The molecule has 1 aromatic carbocycles. The first-order valence-electron chi connectivity index (χ1n) is 7.95. The van der Waals surface area contributed by atoms with E-state index < -0.39 is 30.0 Å². The molecular formula is C17H21BF2N2O2. The lowest BCUT2D eigenvalue weighted by molar-refractivity contribution is 0.00578. The van der Waals surface area contributed by atoms with Gasteiger partial charge in [0.25, 0.3) is 0 Å². The van der Waals surface area contributed by atoms with E-state index in [0.29, 0.717) is 5.56 Å². The molecule has 1 aromatic heterocycles. The van der Waals surface area contributed by atoms with E-state index in [9.17, 15) is 8.78 Å². The van der Waals surface area contributed by atoms with Gasteiger partial charge in [-0.25, -0.2) is 8.78 Å². The van der Waals surface area contributed by atoms with Crippen LogP contribution in [0, 0.1) is 11.6 Å². The molecule has 1 aliphatic rings. The van der Waals surface area contributed by atoms with Crippen LogP contribution in [0.3, 0.4) is 0 Å². The molecule has 0 radical (unpaired) electrons. The van der Waals surface area contributed by atoms with Crippen molar-refractivity contribution in [3.8, 4) is 0 Å². The molecule has 3 rings (SSSR count). The Morgan fingerprint density at radius 1 is 1.04 bits per heavy atom. The number of hydrogen-bond donors (Lipinski definition) is 0. The Bertz CT molecular complexity index is 725. The van der Waals surface area contributed by atoms with Gasteiger partial charge in [-0.15, -0.1) is 0 Å². The molecule has 2 aromatic rings. The first-order chi connectivity index (χ1) is 11.1. The molecule has 4 nitrogen and oxygen atoms in total. The minimum absolute atomic E-state index is 0.314. The van der Waals surface area contributed by atoms with Crippen LogP contribution in [0.15, 0.2) is 30.6 Å². The third-order valence-electron chi connectivity index (χ3n) is 4.91. The van der Waals surface area contributed by atoms with E-state index in [2.05, 4.69) is 5.10 Å². The van der Waals surface area contributed by atoms with Crippen LogP contribution in [0.5, 0.6) is 0 Å². The molecule has 0 N–H and O–H groups in total. The maximum Gasteiger partial charge on any atom is 0.498 e. The fourth-order valence-electron chi connectivity index (χ4n) is 2.63. The summed E-state index contributed by atoms with van der Waals surface area (Å²) in [6.07, 6.45) is 3.45. The van der Waals surface area contributed by atoms with Gasteiger partial charge in [0.15, 0.2) is 0 Å². The summed E-state index contributed by atoms with van der Waals surface area (Å²) in [4.78, 5) is 0. The summed E-state index contributed by atoms with van der Waals surface area (Å²) in [5.74, 6) is -1.20. The molecule has 128 valence electrons. The van der Waals surface area contributed by atoms with Crippen molar-refractivity contribution in [3.63, 3.8) is 0 Å². The average Bonchev–Trinajstić information content (AvgIpc) is 3.00. The second-order valence-corrected chi connectivity index (χ2v) is 7.22. The average molecular weight is 334 g/mol. The van der Waals surface area contributed by atoms with Gasteiger partial charge in [-0.05, 0) is 52.3 Å². The highest BCUT2D eigenvalue weighted by Gasteiger charge is 2.52. The number of halogens is 2. The molecule has 24 heavy (non-hydrogen) atoms. The second-order valence-electron chi connectivity index (χ2n) is 7.22. The van der Waals surface area contributed by atoms with Gasteiger partial charge in [-0.1, -0.05) is 0 Å². The third kappa shape index (κ3) is 2.98. The molecule has 1 saturated heterocycles. The number of aromatic nitrogens is 2. The van der Waals surface area contributed by atoms with Crippen molar-refractivity contribution in [2.75, 3.05) is 0 Å². The van der Waals surface area contributed by atoms with Crippen molar-refractivity contribution in [3.05, 3.63) is 47.8 Å². The van der Waals surface area contributed by atoms with Crippen LogP contribution in [0.2, 0.25) is 0 Å². The third-order valence-corrected chi connectivity index (χ3v) is 4.91. The number of hydrogen-bond acceptors (Lipinski definition) is 3. The fourth-order valence-corrected chi connectivity index (χ4v) is 2.63. The molecule has 1 aliphatic heterocycles. The van der Waals surface area contributed by atoms with E-state index in [1.807, 2.05) is 34.6 Å². The Hall–Kier alpha value is -1.73. The summed E-state index contributed by atoms with van der Waals surface area (Å²) in [5.41, 5.74) is 0.419. The van der Waals surface area contributed by atoms with Crippen LogP contribution in [-0.4, -0.2) is 28.1 Å². The molecule has 0 bridgehead atoms. The minimum Gasteiger partial charge on any atom is -0.399 e. The van der Waals surface area contributed by atoms with Gasteiger partial charge in [-0.3, -0.25) is 4.68 Å². The molecule has 0 aliphatic carbocycles. The topological polar surface area (TPSA) is 36.3 Å². The lowest BCUT2D eigenvalue weighted by atomic mass is 9.82. The van der Waals surface area contributed by atoms with Crippen LogP contribution in [-0.2, 0) is 9.31 Å². The van der Waals surface area contributed by atoms with Crippen LogP contribution in [0.25, 0.3) is 0 Å². The Balaban J connectivity index is 1.83. The van der Waals surface area contributed by atoms with Crippen LogP contribution >= 0.6 is 0 Å². The zero-order valence-electron chi connectivity index (χ0n) is 14.5.